The zero-order chi connectivity index (χ0) is 12.7. The molecule has 96 valence electrons. The number of halogens is 1. The molecule has 0 spiro atoms. The van der Waals surface area contributed by atoms with Gasteiger partial charge >= 0.3 is 0 Å². The van der Waals surface area contributed by atoms with Crippen molar-refractivity contribution in [2.75, 3.05) is 0 Å². The van der Waals surface area contributed by atoms with Crippen LogP contribution in [0.4, 0.5) is 5.69 Å². The molecule has 1 aromatic rings. The molecule has 0 aromatic heterocycles. The maximum atomic E-state index is 11.0. The van der Waals surface area contributed by atoms with Gasteiger partial charge in [-0.3, -0.25) is 10.1 Å². The fourth-order valence-corrected chi connectivity index (χ4v) is 5.93. The first kappa shape index (κ1) is 12.5. The number of thioether (sulfide) groups is 1. The maximum Gasteiger partial charge on any atom is 0.282 e. The minimum absolute atomic E-state index is 0.241. The summed E-state index contributed by atoms with van der Waals surface area (Å²) in [5, 5.41) is 11.5. The van der Waals surface area contributed by atoms with E-state index in [1.165, 1.54) is 19.3 Å². The standard InChI is InChI=1S/C13H14BrNO2S/c14-12-8-5-6-9(7-8)13(12)18-11-4-2-1-3-10(11)15(16)17/h1-4,8-9,12-13H,5-7H2/t8-,9+,12+,13+/m1/s1. The highest BCUT2D eigenvalue weighted by atomic mass is 79.9. The normalized spacial score (nSPS) is 33.8. The van der Waals surface area contributed by atoms with Gasteiger partial charge < -0.3 is 0 Å². The second kappa shape index (κ2) is 4.85. The molecule has 3 nitrogen and oxygen atoms in total. The molecule has 5 heteroatoms. The fourth-order valence-electron chi connectivity index (χ4n) is 3.18. The molecule has 2 saturated carbocycles. The molecule has 4 atom stereocenters. The minimum Gasteiger partial charge on any atom is -0.258 e. The second-order valence-corrected chi connectivity index (χ2v) is 7.36. The van der Waals surface area contributed by atoms with Crippen LogP contribution in [0.1, 0.15) is 19.3 Å². The SMILES string of the molecule is O=[N+]([O-])c1ccccc1S[C@H]1[C@H]2CC[C@H](C2)[C@@H]1Br. The van der Waals surface area contributed by atoms with E-state index in [2.05, 4.69) is 15.9 Å². The molecule has 2 aliphatic rings. The Hall–Kier alpha value is -0.550. The van der Waals surface area contributed by atoms with Gasteiger partial charge in [-0.25, -0.2) is 0 Å². The van der Waals surface area contributed by atoms with E-state index in [4.69, 9.17) is 0 Å². The van der Waals surface area contributed by atoms with E-state index in [1.54, 1.807) is 23.9 Å². The first-order chi connectivity index (χ1) is 8.66. The van der Waals surface area contributed by atoms with E-state index in [0.29, 0.717) is 10.1 Å². The lowest BCUT2D eigenvalue weighted by molar-refractivity contribution is -0.387. The summed E-state index contributed by atoms with van der Waals surface area (Å²) in [6, 6.07) is 7.08. The average Bonchev–Trinajstić information content (AvgIpc) is 2.93. The molecule has 0 aliphatic heterocycles. The van der Waals surface area contributed by atoms with Gasteiger partial charge in [0.1, 0.15) is 0 Å². The maximum absolute atomic E-state index is 11.0. The number of nitro benzene ring substituents is 1. The molecule has 0 heterocycles. The largest absolute Gasteiger partial charge is 0.282 e. The topological polar surface area (TPSA) is 43.1 Å². The Morgan fingerprint density at radius 2 is 2.00 bits per heavy atom. The molecular formula is C13H14BrNO2S. The zero-order valence-electron chi connectivity index (χ0n) is 9.79. The minimum atomic E-state index is -0.279. The van der Waals surface area contributed by atoms with E-state index >= 15 is 0 Å². The number of nitro groups is 1. The van der Waals surface area contributed by atoms with Crippen LogP contribution in [0.25, 0.3) is 0 Å². The zero-order valence-corrected chi connectivity index (χ0v) is 12.2. The number of benzene rings is 1. The first-order valence-electron chi connectivity index (χ1n) is 6.21. The third kappa shape index (κ3) is 2.07. The quantitative estimate of drug-likeness (QED) is 0.473. The number of fused-ring (bicyclic) bond motifs is 2. The number of para-hydroxylation sites is 1. The highest BCUT2D eigenvalue weighted by molar-refractivity contribution is 9.09. The number of alkyl halides is 1. The van der Waals surface area contributed by atoms with E-state index in [1.807, 2.05) is 12.1 Å². The van der Waals surface area contributed by atoms with Crippen LogP contribution < -0.4 is 0 Å². The summed E-state index contributed by atoms with van der Waals surface area (Å²) in [5.74, 6) is 1.50. The Morgan fingerprint density at radius 1 is 1.28 bits per heavy atom. The van der Waals surface area contributed by atoms with E-state index in [-0.39, 0.29) is 10.6 Å². The molecule has 18 heavy (non-hydrogen) atoms. The average molecular weight is 328 g/mol. The summed E-state index contributed by atoms with van der Waals surface area (Å²) < 4.78 is 0. The molecule has 0 N–H and O–H groups in total. The molecule has 0 amide bonds. The van der Waals surface area contributed by atoms with Gasteiger partial charge in [0, 0.05) is 16.1 Å². The van der Waals surface area contributed by atoms with Crippen LogP contribution in [0.2, 0.25) is 0 Å². The molecule has 0 radical (unpaired) electrons. The molecule has 1 aromatic carbocycles. The van der Waals surface area contributed by atoms with Crippen LogP contribution in [0, 0.1) is 22.0 Å². The Balaban J connectivity index is 1.83. The Kier molecular flexibility index (Phi) is 3.36. The van der Waals surface area contributed by atoms with Crippen LogP contribution in [0.3, 0.4) is 0 Å². The van der Waals surface area contributed by atoms with Crippen molar-refractivity contribution in [2.45, 2.75) is 34.2 Å². The molecular weight excluding hydrogens is 314 g/mol. The van der Waals surface area contributed by atoms with Crippen LogP contribution in [0.5, 0.6) is 0 Å². The second-order valence-electron chi connectivity index (χ2n) is 5.08. The summed E-state index contributed by atoms with van der Waals surface area (Å²) in [4.78, 5) is 12.1. The van der Waals surface area contributed by atoms with Crippen molar-refractivity contribution in [1.82, 2.24) is 0 Å². The lowest BCUT2D eigenvalue weighted by Crippen LogP contribution is -2.24. The number of hydrogen-bond acceptors (Lipinski definition) is 3. The Morgan fingerprint density at radius 3 is 2.67 bits per heavy atom. The fraction of sp³-hybridized carbons (Fsp3) is 0.538. The predicted molar refractivity (Wildman–Crippen MR) is 76.3 cm³/mol. The van der Waals surface area contributed by atoms with Crippen LogP contribution in [0.15, 0.2) is 29.2 Å². The summed E-state index contributed by atoms with van der Waals surface area (Å²) in [7, 11) is 0. The third-order valence-corrected chi connectivity index (χ3v) is 7.28. The molecule has 3 rings (SSSR count). The molecule has 0 unspecified atom stereocenters. The van der Waals surface area contributed by atoms with Crippen LogP contribution >= 0.6 is 27.7 Å². The lowest BCUT2D eigenvalue weighted by Gasteiger charge is -2.26. The van der Waals surface area contributed by atoms with Crippen molar-refractivity contribution in [3.05, 3.63) is 34.4 Å². The van der Waals surface area contributed by atoms with Crippen LogP contribution in [-0.2, 0) is 0 Å². The number of rotatable bonds is 3. The summed E-state index contributed by atoms with van der Waals surface area (Å²) in [6.45, 7) is 0. The van der Waals surface area contributed by atoms with Gasteiger partial charge in [0.2, 0.25) is 0 Å². The summed E-state index contributed by atoms with van der Waals surface area (Å²) in [6.07, 6.45) is 3.88. The van der Waals surface area contributed by atoms with Crippen molar-refractivity contribution >= 4 is 33.4 Å². The van der Waals surface area contributed by atoms with Gasteiger partial charge in [-0.1, -0.05) is 28.1 Å². The van der Waals surface area contributed by atoms with Crippen molar-refractivity contribution in [2.24, 2.45) is 11.8 Å². The van der Waals surface area contributed by atoms with E-state index in [9.17, 15) is 10.1 Å². The first-order valence-corrected chi connectivity index (χ1v) is 8.00. The van der Waals surface area contributed by atoms with Crippen molar-refractivity contribution in [1.29, 1.82) is 0 Å². The predicted octanol–water partition coefficient (Wildman–Crippen LogP) is 4.25. The molecule has 2 bridgehead atoms. The lowest BCUT2D eigenvalue weighted by atomic mass is 10.0. The monoisotopic (exact) mass is 327 g/mol. The van der Waals surface area contributed by atoms with Crippen molar-refractivity contribution < 1.29 is 4.92 Å². The number of nitrogens with zero attached hydrogens (tertiary/aromatic N) is 1. The van der Waals surface area contributed by atoms with Crippen molar-refractivity contribution in [3.63, 3.8) is 0 Å². The van der Waals surface area contributed by atoms with Gasteiger partial charge in [0.05, 0.1) is 9.82 Å². The van der Waals surface area contributed by atoms with Gasteiger partial charge in [-0.2, -0.15) is 0 Å². The van der Waals surface area contributed by atoms with Gasteiger partial charge in [-0.05, 0) is 37.2 Å². The molecule has 2 aliphatic carbocycles. The number of hydrogen-bond donors (Lipinski definition) is 0. The Bertz CT molecular complexity index is 480. The van der Waals surface area contributed by atoms with Gasteiger partial charge in [0.15, 0.2) is 0 Å². The summed E-state index contributed by atoms with van der Waals surface area (Å²) >= 11 is 5.48. The highest BCUT2D eigenvalue weighted by Crippen LogP contribution is 2.54. The van der Waals surface area contributed by atoms with E-state index < -0.39 is 0 Å². The van der Waals surface area contributed by atoms with Crippen LogP contribution in [-0.4, -0.2) is 15.0 Å². The third-order valence-electron chi connectivity index (χ3n) is 4.07. The molecule has 2 fully saturated rings. The highest BCUT2D eigenvalue weighted by Gasteiger charge is 2.47. The summed E-state index contributed by atoms with van der Waals surface area (Å²) in [5.41, 5.74) is 0.241. The smallest absolute Gasteiger partial charge is 0.258 e. The Labute approximate surface area is 119 Å². The molecule has 0 saturated heterocycles. The van der Waals surface area contributed by atoms with Gasteiger partial charge in [-0.15, -0.1) is 11.8 Å². The van der Waals surface area contributed by atoms with Crippen molar-refractivity contribution in [3.8, 4) is 0 Å². The van der Waals surface area contributed by atoms with E-state index in [0.717, 1.165) is 16.7 Å². The van der Waals surface area contributed by atoms with Gasteiger partial charge in [0.25, 0.3) is 5.69 Å².